The van der Waals surface area contributed by atoms with Gasteiger partial charge < -0.3 is 36.1 Å². The van der Waals surface area contributed by atoms with Gasteiger partial charge in [0, 0.05) is 28.5 Å². The van der Waals surface area contributed by atoms with Gasteiger partial charge in [-0.15, -0.1) is 0 Å². The largest absolute Gasteiger partial charge is 0.467 e. The van der Waals surface area contributed by atoms with E-state index in [1.54, 1.807) is 12.1 Å². The van der Waals surface area contributed by atoms with Gasteiger partial charge in [-0.25, -0.2) is 9.18 Å². The quantitative estimate of drug-likeness (QED) is 0.0739. The molecule has 0 saturated heterocycles. The van der Waals surface area contributed by atoms with Crippen molar-refractivity contribution in [1.29, 1.82) is 0 Å². The normalized spacial score (nSPS) is 13.6. The Kier molecular flexibility index (Phi) is 11.4. The van der Waals surface area contributed by atoms with E-state index >= 15 is 0 Å². The topological polar surface area (TPSA) is 186 Å². The lowest BCUT2D eigenvalue weighted by molar-refractivity contribution is -0.154. The van der Waals surface area contributed by atoms with Crippen LogP contribution in [-0.2, 0) is 24.7 Å². The summed E-state index contributed by atoms with van der Waals surface area (Å²) in [7, 11) is 1.06. The number of hydrogen-bond donors (Lipinski definition) is 5. The number of rotatable bonds is 13. The molecule has 4 aromatic rings. The number of nitrogens with zero attached hydrogens (tertiary/aromatic N) is 3. The minimum atomic E-state index is -4.65. The Hall–Kier alpha value is -6.04. The third-order valence-corrected chi connectivity index (χ3v) is 7.70. The van der Waals surface area contributed by atoms with Crippen LogP contribution in [-0.4, -0.2) is 71.1 Å². The number of ether oxygens (including phenoxy) is 2. The number of amides is 3. The number of esters is 1. The van der Waals surface area contributed by atoms with Gasteiger partial charge in [-0.3, -0.25) is 14.4 Å². The Balaban J connectivity index is 1.23. The Morgan fingerprint density at radius 1 is 0.865 bits per heavy atom. The van der Waals surface area contributed by atoms with Crippen LogP contribution in [0.4, 0.5) is 40.8 Å². The highest BCUT2D eigenvalue weighted by Crippen LogP contribution is 2.48. The fourth-order valence-electron chi connectivity index (χ4n) is 4.68. The first kappa shape index (κ1) is 37.2. The lowest BCUT2D eigenvalue weighted by Gasteiger charge is -2.19. The molecule has 272 valence electrons. The zero-order chi connectivity index (χ0) is 37.5. The maximum absolute atomic E-state index is 13.1. The number of carbonyl (C=O) groups is 4. The number of alkyl halides is 3. The molecule has 5 N–H and O–H groups in total. The molecule has 3 aromatic carbocycles. The van der Waals surface area contributed by atoms with E-state index in [2.05, 4.69) is 41.5 Å². The van der Waals surface area contributed by atoms with Gasteiger partial charge in [0.25, 0.3) is 5.91 Å². The standard InChI is InChI=1S/C33H29ClF4N8O6/c1-51-28(50)24(16-39-26(48)27(49)40-22-12-8-21(35)9-13-22)42-25(47)18-2-10-23(11-3-18)41-29-43-30(45-31(44-29)52-17-33(36,37)38)46-32(14-15-32)19-4-6-20(34)7-5-19/h2-13,24H,14-17H2,1H3,(H,39,48)(H,40,49)(H,42,47)(H2,41,43,44,45,46)/t24-/m0/s1. The van der Waals surface area contributed by atoms with Crippen LogP contribution in [0, 0.1) is 5.82 Å². The Morgan fingerprint density at radius 3 is 2.12 bits per heavy atom. The van der Waals surface area contributed by atoms with Crippen molar-refractivity contribution in [2.45, 2.75) is 30.6 Å². The van der Waals surface area contributed by atoms with Crippen LogP contribution in [0.3, 0.4) is 0 Å². The van der Waals surface area contributed by atoms with Crippen molar-refractivity contribution in [1.82, 2.24) is 25.6 Å². The van der Waals surface area contributed by atoms with Gasteiger partial charge in [0.05, 0.1) is 12.6 Å². The number of benzene rings is 3. The van der Waals surface area contributed by atoms with E-state index in [0.717, 1.165) is 24.8 Å². The molecule has 1 heterocycles. The predicted molar refractivity (Wildman–Crippen MR) is 178 cm³/mol. The predicted octanol–water partition coefficient (Wildman–Crippen LogP) is 4.48. The monoisotopic (exact) mass is 744 g/mol. The molecule has 0 unspecified atom stereocenters. The van der Waals surface area contributed by atoms with Crippen LogP contribution < -0.4 is 31.3 Å². The van der Waals surface area contributed by atoms with Crippen LogP contribution in [0.15, 0.2) is 72.8 Å². The van der Waals surface area contributed by atoms with Crippen LogP contribution in [0.5, 0.6) is 6.01 Å². The lowest BCUT2D eigenvalue weighted by atomic mass is 10.1. The van der Waals surface area contributed by atoms with Crippen LogP contribution in [0.1, 0.15) is 28.8 Å². The average molecular weight is 745 g/mol. The van der Waals surface area contributed by atoms with Gasteiger partial charge in [-0.05, 0) is 79.1 Å². The molecule has 1 aliphatic rings. The fourth-order valence-corrected chi connectivity index (χ4v) is 4.81. The average Bonchev–Trinajstić information content (AvgIpc) is 3.90. The molecule has 5 rings (SSSR count). The third-order valence-electron chi connectivity index (χ3n) is 7.45. The molecule has 0 spiro atoms. The van der Waals surface area contributed by atoms with Gasteiger partial charge >= 0.3 is 30.0 Å². The van der Waals surface area contributed by atoms with Crippen molar-refractivity contribution in [3.63, 3.8) is 0 Å². The Morgan fingerprint density at radius 2 is 1.50 bits per heavy atom. The molecule has 1 aliphatic carbocycles. The summed E-state index contributed by atoms with van der Waals surface area (Å²) in [6.45, 7) is -2.15. The van der Waals surface area contributed by atoms with Crippen molar-refractivity contribution < 1.29 is 46.2 Å². The molecular weight excluding hydrogens is 716 g/mol. The summed E-state index contributed by atoms with van der Waals surface area (Å²) in [5.74, 6) is -4.66. The number of anilines is 4. The Bertz CT molecular complexity index is 1930. The molecule has 0 radical (unpaired) electrons. The molecule has 1 fully saturated rings. The van der Waals surface area contributed by atoms with E-state index in [1.807, 2.05) is 12.1 Å². The summed E-state index contributed by atoms with van der Waals surface area (Å²) < 4.78 is 61.4. The molecule has 1 aromatic heterocycles. The highest BCUT2D eigenvalue weighted by molar-refractivity contribution is 6.39. The van der Waals surface area contributed by atoms with E-state index in [-0.39, 0.29) is 23.1 Å². The fraction of sp³-hybridized carbons (Fsp3) is 0.242. The highest BCUT2D eigenvalue weighted by atomic mass is 35.5. The summed E-state index contributed by atoms with van der Waals surface area (Å²) in [4.78, 5) is 62.1. The zero-order valence-electron chi connectivity index (χ0n) is 27.0. The number of hydrogen-bond acceptors (Lipinski definition) is 11. The molecule has 1 atom stereocenters. The number of carbonyl (C=O) groups excluding carboxylic acids is 4. The first-order valence-electron chi connectivity index (χ1n) is 15.3. The number of aromatic nitrogens is 3. The first-order chi connectivity index (χ1) is 24.7. The molecule has 0 aliphatic heterocycles. The van der Waals surface area contributed by atoms with E-state index < -0.39 is 66.4 Å². The van der Waals surface area contributed by atoms with Gasteiger partial charge in [0.2, 0.25) is 11.9 Å². The minimum absolute atomic E-state index is 0.0491. The number of halogens is 5. The molecule has 1 saturated carbocycles. The maximum atomic E-state index is 13.1. The van der Waals surface area contributed by atoms with Gasteiger partial charge in [-0.2, -0.15) is 28.1 Å². The summed E-state index contributed by atoms with van der Waals surface area (Å²) >= 11 is 6.01. The van der Waals surface area contributed by atoms with Crippen molar-refractivity contribution in [2.24, 2.45) is 0 Å². The second kappa shape index (κ2) is 15.9. The van der Waals surface area contributed by atoms with Crippen LogP contribution in [0.25, 0.3) is 0 Å². The Labute approximate surface area is 297 Å². The van der Waals surface area contributed by atoms with Crippen molar-refractivity contribution in [3.8, 4) is 6.01 Å². The van der Waals surface area contributed by atoms with E-state index in [4.69, 9.17) is 21.1 Å². The third kappa shape index (κ3) is 10.3. The zero-order valence-corrected chi connectivity index (χ0v) is 27.8. The second-order valence-corrected chi connectivity index (χ2v) is 11.7. The van der Waals surface area contributed by atoms with E-state index in [9.17, 15) is 36.7 Å². The van der Waals surface area contributed by atoms with Crippen molar-refractivity contribution in [3.05, 3.63) is 94.8 Å². The van der Waals surface area contributed by atoms with Crippen molar-refractivity contribution in [2.75, 3.05) is 36.2 Å². The molecule has 14 nitrogen and oxygen atoms in total. The summed E-state index contributed by atoms with van der Waals surface area (Å²) in [6, 6.07) is 15.3. The van der Waals surface area contributed by atoms with Crippen LogP contribution >= 0.6 is 11.6 Å². The molecular formula is C33H29ClF4N8O6. The molecule has 3 amide bonds. The molecule has 0 bridgehead atoms. The summed E-state index contributed by atoms with van der Waals surface area (Å²) in [6.07, 6.45) is -3.26. The minimum Gasteiger partial charge on any atom is -0.467 e. The lowest BCUT2D eigenvalue weighted by Crippen LogP contribution is -2.50. The number of methoxy groups -OCH3 is 1. The second-order valence-electron chi connectivity index (χ2n) is 11.3. The number of nitrogens with one attached hydrogen (secondary N) is 5. The smallest absolute Gasteiger partial charge is 0.422 e. The van der Waals surface area contributed by atoms with Gasteiger partial charge in [-0.1, -0.05) is 23.7 Å². The maximum Gasteiger partial charge on any atom is 0.422 e. The van der Waals surface area contributed by atoms with E-state index in [1.165, 1.54) is 36.4 Å². The van der Waals surface area contributed by atoms with Crippen molar-refractivity contribution >= 4 is 58.6 Å². The first-order valence-corrected chi connectivity index (χ1v) is 15.7. The summed E-state index contributed by atoms with van der Waals surface area (Å²) in [5.41, 5.74) is 0.841. The molecule has 52 heavy (non-hydrogen) atoms. The summed E-state index contributed by atoms with van der Waals surface area (Å²) in [5, 5.41) is 13.4. The molecule has 19 heteroatoms. The SMILES string of the molecule is COC(=O)[C@H](CNC(=O)C(=O)Nc1ccc(F)cc1)NC(=O)c1ccc(Nc2nc(NC3(c4ccc(Cl)cc4)CC3)nc(OCC(F)(F)F)n2)cc1. The van der Waals surface area contributed by atoms with Gasteiger partial charge in [0.1, 0.15) is 11.9 Å². The van der Waals surface area contributed by atoms with Crippen LogP contribution in [0.2, 0.25) is 5.02 Å². The van der Waals surface area contributed by atoms with Gasteiger partial charge in [0.15, 0.2) is 6.61 Å². The highest BCUT2D eigenvalue weighted by Gasteiger charge is 2.45. The van der Waals surface area contributed by atoms with E-state index in [0.29, 0.717) is 23.6 Å².